The van der Waals surface area contributed by atoms with Gasteiger partial charge in [-0.2, -0.15) is 17.6 Å². The summed E-state index contributed by atoms with van der Waals surface area (Å²) < 4.78 is 59.5. The smallest absolute Gasteiger partial charge is 0.389 e. The average molecular weight is 295 g/mol. The fraction of sp³-hybridized carbons (Fsp3) is 0.583. The molecule has 8 heteroatoms. The van der Waals surface area contributed by atoms with E-state index in [9.17, 15) is 27.5 Å². The number of hydrogen-bond acceptors (Lipinski definition) is 3. The Kier molecular flexibility index (Phi) is 3.77. The minimum Gasteiger partial charge on any atom is -0.466 e. The van der Waals surface area contributed by atoms with Crippen LogP contribution in [0.3, 0.4) is 0 Å². The molecule has 1 amide bonds. The molecule has 4 nitrogen and oxygen atoms in total. The molecule has 1 saturated heterocycles. The highest BCUT2D eigenvalue weighted by Gasteiger charge is 2.67. The number of rotatable bonds is 4. The second-order valence-electron chi connectivity index (χ2n) is 4.61. The standard InChI is InChI=1S/C12H13F4NO3/c13-11(14,9(18)8-4-3-7-20-8)12(15,16)10(19)17-5-1-2-6-17/h3-4,7,9,18H,1-2,5-6H2. The minimum absolute atomic E-state index is 0.0152. The molecule has 1 aromatic rings. The first-order valence-electron chi connectivity index (χ1n) is 6.05. The molecule has 0 radical (unpaired) electrons. The van der Waals surface area contributed by atoms with Crippen LogP contribution in [0.1, 0.15) is 24.7 Å². The number of hydrogen-bond donors (Lipinski definition) is 1. The molecule has 1 atom stereocenters. The Morgan fingerprint density at radius 3 is 2.40 bits per heavy atom. The van der Waals surface area contributed by atoms with Crippen molar-refractivity contribution in [3.05, 3.63) is 24.2 Å². The number of halogens is 4. The van der Waals surface area contributed by atoms with Crippen LogP contribution in [-0.4, -0.2) is 40.8 Å². The number of nitrogens with zero attached hydrogens (tertiary/aromatic N) is 1. The lowest BCUT2D eigenvalue weighted by atomic mass is 10.0. The van der Waals surface area contributed by atoms with Crippen LogP contribution in [0.2, 0.25) is 0 Å². The summed E-state index contributed by atoms with van der Waals surface area (Å²) >= 11 is 0. The van der Waals surface area contributed by atoms with Crippen LogP contribution in [0.5, 0.6) is 0 Å². The molecular formula is C12H13F4NO3. The highest BCUT2D eigenvalue weighted by molar-refractivity contribution is 5.85. The Morgan fingerprint density at radius 2 is 1.90 bits per heavy atom. The van der Waals surface area contributed by atoms with Crippen molar-refractivity contribution in [2.75, 3.05) is 13.1 Å². The summed E-state index contributed by atoms with van der Waals surface area (Å²) in [7, 11) is 0. The third kappa shape index (κ3) is 2.28. The van der Waals surface area contributed by atoms with Gasteiger partial charge in [0, 0.05) is 13.1 Å². The molecule has 0 saturated carbocycles. The van der Waals surface area contributed by atoms with Crippen molar-refractivity contribution in [3.63, 3.8) is 0 Å². The van der Waals surface area contributed by atoms with Crippen LogP contribution in [0, 0.1) is 0 Å². The Labute approximate surface area is 112 Å². The first kappa shape index (κ1) is 14.8. The number of carbonyl (C=O) groups excluding carboxylic acids is 1. The van der Waals surface area contributed by atoms with E-state index in [1.807, 2.05) is 0 Å². The number of furan rings is 1. The van der Waals surface area contributed by atoms with Gasteiger partial charge in [-0.3, -0.25) is 4.79 Å². The quantitative estimate of drug-likeness (QED) is 0.866. The Morgan fingerprint density at radius 1 is 1.30 bits per heavy atom. The summed E-state index contributed by atoms with van der Waals surface area (Å²) in [6.45, 7) is 0.0305. The summed E-state index contributed by atoms with van der Waals surface area (Å²) in [5, 5.41) is 9.37. The van der Waals surface area contributed by atoms with E-state index in [0.29, 0.717) is 17.7 Å². The first-order chi connectivity index (χ1) is 9.28. The molecule has 0 bridgehead atoms. The van der Waals surface area contributed by atoms with Crippen molar-refractivity contribution in [1.82, 2.24) is 4.90 Å². The molecule has 1 aromatic heterocycles. The summed E-state index contributed by atoms with van der Waals surface area (Å²) in [5.41, 5.74) is 0. The molecule has 0 spiro atoms. The maximum atomic E-state index is 13.8. The van der Waals surface area contributed by atoms with E-state index < -0.39 is 29.6 Å². The molecule has 20 heavy (non-hydrogen) atoms. The molecule has 1 N–H and O–H groups in total. The second-order valence-corrected chi connectivity index (χ2v) is 4.61. The first-order valence-corrected chi connectivity index (χ1v) is 6.05. The van der Waals surface area contributed by atoms with Crippen molar-refractivity contribution in [2.24, 2.45) is 0 Å². The molecule has 1 unspecified atom stereocenters. The van der Waals surface area contributed by atoms with Crippen molar-refractivity contribution in [1.29, 1.82) is 0 Å². The van der Waals surface area contributed by atoms with Crippen LogP contribution in [0.15, 0.2) is 22.8 Å². The predicted octanol–water partition coefficient (Wildman–Crippen LogP) is 2.21. The van der Waals surface area contributed by atoms with Crippen molar-refractivity contribution < 1.29 is 31.9 Å². The molecular weight excluding hydrogens is 282 g/mol. The normalized spacial score (nSPS) is 18.4. The maximum absolute atomic E-state index is 13.8. The van der Waals surface area contributed by atoms with E-state index >= 15 is 0 Å². The lowest BCUT2D eigenvalue weighted by molar-refractivity contribution is -0.254. The number of aliphatic hydroxyl groups is 1. The van der Waals surface area contributed by atoms with E-state index in [4.69, 9.17) is 0 Å². The topological polar surface area (TPSA) is 53.7 Å². The van der Waals surface area contributed by atoms with Crippen LogP contribution < -0.4 is 0 Å². The van der Waals surface area contributed by atoms with Gasteiger partial charge in [0.1, 0.15) is 5.76 Å². The van der Waals surface area contributed by atoms with E-state index in [2.05, 4.69) is 4.42 Å². The molecule has 0 aromatic carbocycles. The van der Waals surface area contributed by atoms with Gasteiger partial charge in [-0.1, -0.05) is 0 Å². The minimum atomic E-state index is -5.00. The average Bonchev–Trinajstić information content (AvgIpc) is 3.09. The zero-order valence-corrected chi connectivity index (χ0v) is 10.4. The Bertz CT molecular complexity index is 469. The van der Waals surface area contributed by atoms with E-state index in [1.54, 1.807) is 0 Å². The SMILES string of the molecule is O=C(N1CCCC1)C(F)(F)C(F)(F)C(O)c1ccco1. The number of amides is 1. The van der Waals surface area contributed by atoms with Crippen LogP contribution in [0.4, 0.5) is 17.6 Å². The van der Waals surface area contributed by atoms with E-state index in [1.165, 1.54) is 6.07 Å². The Hall–Kier alpha value is -1.57. The van der Waals surface area contributed by atoms with Crippen LogP contribution in [-0.2, 0) is 4.79 Å². The van der Waals surface area contributed by atoms with Gasteiger partial charge < -0.3 is 14.4 Å². The lowest BCUT2D eigenvalue weighted by Gasteiger charge is -2.31. The highest BCUT2D eigenvalue weighted by atomic mass is 19.3. The monoisotopic (exact) mass is 295 g/mol. The number of likely N-dealkylation sites (tertiary alicyclic amines) is 1. The van der Waals surface area contributed by atoms with Crippen molar-refractivity contribution in [2.45, 2.75) is 30.8 Å². The van der Waals surface area contributed by atoms with Crippen LogP contribution >= 0.6 is 0 Å². The molecule has 1 aliphatic heterocycles. The van der Waals surface area contributed by atoms with Crippen molar-refractivity contribution in [3.8, 4) is 0 Å². The predicted molar refractivity (Wildman–Crippen MR) is 59.4 cm³/mol. The molecule has 1 fully saturated rings. The van der Waals surface area contributed by atoms with Gasteiger partial charge in [0.2, 0.25) is 0 Å². The van der Waals surface area contributed by atoms with Gasteiger partial charge in [0.05, 0.1) is 6.26 Å². The number of carbonyl (C=O) groups is 1. The van der Waals surface area contributed by atoms with Gasteiger partial charge in [-0.15, -0.1) is 0 Å². The highest BCUT2D eigenvalue weighted by Crippen LogP contribution is 2.45. The fourth-order valence-electron chi connectivity index (χ4n) is 2.06. The largest absolute Gasteiger partial charge is 0.466 e. The summed E-state index contributed by atoms with van der Waals surface area (Å²) in [4.78, 5) is 12.2. The molecule has 2 rings (SSSR count). The van der Waals surface area contributed by atoms with E-state index in [-0.39, 0.29) is 13.1 Å². The molecule has 0 aliphatic carbocycles. The summed E-state index contributed by atoms with van der Waals surface area (Å²) in [6.07, 6.45) is -0.934. The number of aliphatic hydroxyl groups excluding tert-OH is 1. The third-order valence-corrected chi connectivity index (χ3v) is 3.24. The third-order valence-electron chi connectivity index (χ3n) is 3.24. The summed E-state index contributed by atoms with van der Waals surface area (Å²) in [6, 6.07) is 2.12. The molecule has 112 valence electrons. The van der Waals surface area contributed by atoms with Gasteiger partial charge >= 0.3 is 11.8 Å². The van der Waals surface area contributed by atoms with Gasteiger partial charge in [0.25, 0.3) is 5.91 Å². The zero-order chi connectivity index (χ0) is 15.0. The maximum Gasteiger partial charge on any atom is 0.389 e. The fourth-order valence-corrected chi connectivity index (χ4v) is 2.06. The Balaban J connectivity index is 2.23. The van der Waals surface area contributed by atoms with E-state index in [0.717, 1.165) is 12.3 Å². The molecule has 2 heterocycles. The summed E-state index contributed by atoms with van der Waals surface area (Å²) in [5.74, 6) is -12.6. The van der Waals surface area contributed by atoms with Gasteiger partial charge in [-0.05, 0) is 25.0 Å². The van der Waals surface area contributed by atoms with Crippen molar-refractivity contribution >= 4 is 5.91 Å². The molecule has 1 aliphatic rings. The van der Waals surface area contributed by atoms with Crippen LogP contribution in [0.25, 0.3) is 0 Å². The second kappa shape index (κ2) is 5.08. The van der Waals surface area contributed by atoms with Gasteiger partial charge in [-0.25, -0.2) is 0 Å². The number of alkyl halides is 4. The zero-order valence-electron chi connectivity index (χ0n) is 10.4. The lowest BCUT2D eigenvalue weighted by Crippen LogP contribution is -2.55. The van der Waals surface area contributed by atoms with Gasteiger partial charge in [0.15, 0.2) is 6.10 Å².